The molecule has 0 bridgehead atoms. The van der Waals surface area contributed by atoms with E-state index in [2.05, 4.69) is 14.9 Å². The van der Waals surface area contributed by atoms with Crippen molar-refractivity contribution in [3.05, 3.63) is 12.4 Å². The molecule has 0 saturated carbocycles. The summed E-state index contributed by atoms with van der Waals surface area (Å²) in [6, 6.07) is 1.86. The van der Waals surface area contributed by atoms with Crippen molar-refractivity contribution >= 4 is 11.7 Å². The molecule has 24 heavy (non-hydrogen) atoms. The summed E-state index contributed by atoms with van der Waals surface area (Å²) in [6.45, 7) is 4.27. The summed E-state index contributed by atoms with van der Waals surface area (Å²) < 4.78 is 11.4. The van der Waals surface area contributed by atoms with E-state index in [4.69, 9.17) is 9.47 Å². The number of hydrogen-bond donors (Lipinski definition) is 0. The van der Waals surface area contributed by atoms with Crippen LogP contribution in [0.4, 0.5) is 5.82 Å². The van der Waals surface area contributed by atoms with Crippen LogP contribution >= 0.6 is 0 Å². The quantitative estimate of drug-likeness (QED) is 0.822. The largest absolute Gasteiger partial charge is 0.481 e. The number of ether oxygens (including phenoxy) is 2. The Balaban J connectivity index is 1.28. The average Bonchev–Trinajstić information content (AvgIpc) is 2.98. The normalized spacial score (nSPS) is 25.9. The molecule has 0 N–H and O–H groups in total. The number of carbonyl (C=O) groups is 1. The van der Waals surface area contributed by atoms with Gasteiger partial charge in [0.25, 0.3) is 0 Å². The lowest BCUT2D eigenvalue weighted by atomic mass is 9.83. The smallest absolute Gasteiger partial charge is 0.222 e. The van der Waals surface area contributed by atoms with Gasteiger partial charge in [-0.15, -0.1) is 0 Å². The number of carbonyl (C=O) groups excluding carboxylic acids is 1. The zero-order chi connectivity index (χ0) is 16.6. The van der Waals surface area contributed by atoms with E-state index in [0.717, 1.165) is 64.3 Å². The molecule has 0 unspecified atom stereocenters. The molecular formula is C17H24N4O3. The van der Waals surface area contributed by atoms with Crippen LogP contribution in [0.5, 0.6) is 5.88 Å². The monoisotopic (exact) mass is 332 g/mol. The van der Waals surface area contributed by atoms with Crippen molar-refractivity contribution in [2.45, 2.75) is 31.3 Å². The second-order valence-electron chi connectivity index (χ2n) is 7.12. The lowest BCUT2D eigenvalue weighted by Gasteiger charge is -2.53. The maximum atomic E-state index is 11.8. The van der Waals surface area contributed by atoms with E-state index in [9.17, 15) is 4.79 Å². The average molecular weight is 332 g/mol. The number of likely N-dealkylation sites (tertiary alicyclic amines) is 1. The van der Waals surface area contributed by atoms with Crippen molar-refractivity contribution < 1.29 is 14.3 Å². The molecule has 3 fully saturated rings. The first-order valence-electron chi connectivity index (χ1n) is 8.70. The van der Waals surface area contributed by atoms with Crippen LogP contribution in [-0.4, -0.2) is 66.3 Å². The fraction of sp³-hybridized carbons (Fsp3) is 0.706. The highest BCUT2D eigenvalue weighted by molar-refractivity contribution is 5.78. The van der Waals surface area contributed by atoms with E-state index in [1.165, 1.54) is 6.33 Å². The Morgan fingerprint density at radius 2 is 2.29 bits per heavy atom. The molecule has 4 heterocycles. The Labute approximate surface area is 142 Å². The number of nitrogens with zero attached hydrogens (tertiary/aromatic N) is 4. The van der Waals surface area contributed by atoms with Crippen LogP contribution in [0.25, 0.3) is 0 Å². The summed E-state index contributed by atoms with van der Waals surface area (Å²) >= 11 is 0. The molecule has 0 radical (unpaired) electrons. The van der Waals surface area contributed by atoms with Gasteiger partial charge in [0.2, 0.25) is 11.8 Å². The highest BCUT2D eigenvalue weighted by Gasteiger charge is 2.47. The first-order chi connectivity index (χ1) is 11.7. The van der Waals surface area contributed by atoms with Gasteiger partial charge in [0.15, 0.2) is 0 Å². The molecule has 7 heteroatoms. The van der Waals surface area contributed by atoms with E-state index in [1.54, 1.807) is 7.11 Å². The van der Waals surface area contributed by atoms with E-state index in [1.807, 2.05) is 11.0 Å². The molecule has 0 aliphatic carbocycles. The highest BCUT2D eigenvalue weighted by atomic mass is 16.5. The highest BCUT2D eigenvalue weighted by Crippen LogP contribution is 2.38. The molecule has 3 aliphatic rings. The summed E-state index contributed by atoms with van der Waals surface area (Å²) in [5, 5.41) is 0. The van der Waals surface area contributed by atoms with E-state index in [-0.39, 0.29) is 5.60 Å². The maximum Gasteiger partial charge on any atom is 0.222 e. The van der Waals surface area contributed by atoms with Crippen molar-refractivity contribution in [3.63, 3.8) is 0 Å². The number of methoxy groups -OCH3 is 1. The Morgan fingerprint density at radius 1 is 1.42 bits per heavy atom. The first kappa shape index (κ1) is 15.6. The molecular weight excluding hydrogens is 308 g/mol. The van der Waals surface area contributed by atoms with Crippen LogP contribution in [-0.2, 0) is 9.53 Å². The SMILES string of the molecule is COc1cc(N2CC3(CC[C@@H](CN4CCCC4=O)CO3)C2)ncn1. The lowest BCUT2D eigenvalue weighted by Crippen LogP contribution is -2.65. The van der Waals surface area contributed by atoms with Gasteiger partial charge in [-0.05, 0) is 19.3 Å². The molecule has 130 valence electrons. The predicted molar refractivity (Wildman–Crippen MR) is 88.0 cm³/mol. The zero-order valence-electron chi connectivity index (χ0n) is 14.1. The minimum Gasteiger partial charge on any atom is -0.481 e. The van der Waals surface area contributed by atoms with Crippen molar-refractivity contribution in [3.8, 4) is 5.88 Å². The predicted octanol–water partition coefficient (Wildman–Crippen LogP) is 1.09. The van der Waals surface area contributed by atoms with Crippen LogP contribution in [0.2, 0.25) is 0 Å². The van der Waals surface area contributed by atoms with Gasteiger partial charge in [-0.1, -0.05) is 0 Å². The molecule has 0 aromatic carbocycles. The van der Waals surface area contributed by atoms with Gasteiger partial charge >= 0.3 is 0 Å². The summed E-state index contributed by atoms with van der Waals surface area (Å²) in [5.41, 5.74) is -0.0380. The van der Waals surface area contributed by atoms with Gasteiger partial charge in [0.1, 0.15) is 17.7 Å². The minimum atomic E-state index is -0.0380. The second kappa shape index (κ2) is 6.20. The molecule has 7 nitrogen and oxygen atoms in total. The second-order valence-corrected chi connectivity index (χ2v) is 7.12. The third-order valence-electron chi connectivity index (χ3n) is 5.40. The van der Waals surface area contributed by atoms with Gasteiger partial charge in [-0.3, -0.25) is 4.79 Å². The molecule has 4 rings (SSSR count). The number of anilines is 1. The van der Waals surface area contributed by atoms with Gasteiger partial charge in [0.05, 0.1) is 26.8 Å². The molecule has 1 atom stereocenters. The van der Waals surface area contributed by atoms with Crippen molar-refractivity contribution in [2.24, 2.45) is 5.92 Å². The van der Waals surface area contributed by atoms with Crippen LogP contribution < -0.4 is 9.64 Å². The van der Waals surface area contributed by atoms with Gasteiger partial charge in [-0.2, -0.15) is 0 Å². The third-order valence-corrected chi connectivity index (χ3v) is 5.40. The summed E-state index contributed by atoms with van der Waals surface area (Å²) in [6.07, 6.45) is 5.44. The third kappa shape index (κ3) is 2.92. The molecule has 3 saturated heterocycles. The Kier molecular flexibility index (Phi) is 4.04. The zero-order valence-corrected chi connectivity index (χ0v) is 14.1. The molecule has 1 spiro atoms. The van der Waals surface area contributed by atoms with Crippen LogP contribution in [0.15, 0.2) is 12.4 Å². The van der Waals surface area contributed by atoms with Crippen molar-refractivity contribution in [1.82, 2.24) is 14.9 Å². The standard InChI is InChI=1S/C17H24N4O3/c1-23-15-7-14(18-12-19-15)21-10-17(11-21)5-4-13(9-24-17)8-20-6-2-3-16(20)22/h7,12-13H,2-6,8-11H2,1H3/t13-/m0/s1. The van der Waals surface area contributed by atoms with E-state index < -0.39 is 0 Å². The Bertz CT molecular complexity index is 608. The van der Waals surface area contributed by atoms with E-state index >= 15 is 0 Å². The molecule has 1 amide bonds. The summed E-state index contributed by atoms with van der Waals surface area (Å²) in [5.74, 6) is 2.26. The Hall–Kier alpha value is -1.89. The molecule has 1 aromatic rings. The van der Waals surface area contributed by atoms with Crippen molar-refractivity contribution in [1.29, 1.82) is 0 Å². The topological polar surface area (TPSA) is 67.8 Å². The fourth-order valence-electron chi connectivity index (χ4n) is 3.95. The summed E-state index contributed by atoms with van der Waals surface area (Å²) in [4.78, 5) is 24.3. The van der Waals surface area contributed by atoms with Crippen LogP contribution in [0.3, 0.4) is 0 Å². The first-order valence-corrected chi connectivity index (χ1v) is 8.70. The lowest BCUT2D eigenvalue weighted by molar-refractivity contribution is -0.134. The van der Waals surface area contributed by atoms with Crippen LogP contribution in [0, 0.1) is 5.92 Å². The number of hydrogen-bond acceptors (Lipinski definition) is 6. The van der Waals surface area contributed by atoms with Gasteiger partial charge in [0, 0.05) is 31.5 Å². The van der Waals surface area contributed by atoms with E-state index in [0.29, 0.717) is 17.7 Å². The number of rotatable bonds is 4. The fourth-order valence-corrected chi connectivity index (χ4v) is 3.95. The molecule has 3 aliphatic heterocycles. The minimum absolute atomic E-state index is 0.0380. The summed E-state index contributed by atoms with van der Waals surface area (Å²) in [7, 11) is 1.61. The number of aromatic nitrogens is 2. The van der Waals surface area contributed by atoms with Crippen molar-refractivity contribution in [2.75, 3.05) is 44.8 Å². The number of amides is 1. The van der Waals surface area contributed by atoms with Crippen LogP contribution in [0.1, 0.15) is 25.7 Å². The molecule has 1 aromatic heterocycles. The maximum absolute atomic E-state index is 11.8. The van der Waals surface area contributed by atoms with Gasteiger partial charge in [-0.25, -0.2) is 9.97 Å². The van der Waals surface area contributed by atoms with Gasteiger partial charge < -0.3 is 19.3 Å². The Morgan fingerprint density at radius 3 is 2.96 bits per heavy atom.